The number of ether oxygens (including phenoxy) is 1. The van der Waals surface area contributed by atoms with Crippen molar-refractivity contribution in [3.8, 4) is 5.75 Å². The van der Waals surface area contributed by atoms with Gasteiger partial charge in [0, 0.05) is 5.56 Å². The topological polar surface area (TPSA) is 32.7 Å². The summed E-state index contributed by atoms with van der Waals surface area (Å²) >= 11 is 0. The Balaban J connectivity index is 3.39. The largest absolute Gasteiger partial charge is 0.496 e. The molecule has 3 heteroatoms. The molecule has 0 aliphatic heterocycles. The minimum Gasteiger partial charge on any atom is -0.496 e. The Bertz CT molecular complexity index is 451. The number of benzene rings is 1. The van der Waals surface area contributed by atoms with Gasteiger partial charge in [-0.25, -0.2) is 0 Å². The predicted octanol–water partition coefficient (Wildman–Crippen LogP) is 3.47. The molecule has 0 saturated carbocycles. The van der Waals surface area contributed by atoms with Crippen LogP contribution >= 0.6 is 0 Å². The van der Waals surface area contributed by atoms with Crippen LogP contribution in [0.1, 0.15) is 49.5 Å². The van der Waals surface area contributed by atoms with Crippen LogP contribution in [0.25, 0.3) is 0 Å². The number of likely N-dealkylation sites (N-methyl/N-ethyl adjacent to an activating group) is 1. The Hall–Kier alpha value is -1.06. The van der Waals surface area contributed by atoms with Gasteiger partial charge in [0.15, 0.2) is 0 Å². The number of methoxy groups -OCH3 is 1. The maximum Gasteiger partial charge on any atom is 0.127 e. The molecule has 0 saturated heterocycles. The average molecular weight is 279 g/mol. The SMILES string of the molecule is CCC(CC)(C(O)c1ccc(C)c(C)c1OC)N(C)C. The van der Waals surface area contributed by atoms with Crippen molar-refractivity contribution in [1.82, 2.24) is 4.90 Å². The Kier molecular flexibility index (Phi) is 5.60. The van der Waals surface area contributed by atoms with Crippen LogP contribution in [0.2, 0.25) is 0 Å². The molecule has 0 aliphatic rings. The van der Waals surface area contributed by atoms with Crippen LogP contribution in [0.3, 0.4) is 0 Å². The molecule has 1 unspecified atom stereocenters. The first-order valence-corrected chi connectivity index (χ1v) is 7.35. The van der Waals surface area contributed by atoms with Gasteiger partial charge < -0.3 is 14.7 Å². The zero-order valence-electron chi connectivity index (χ0n) is 13.9. The molecule has 0 spiro atoms. The van der Waals surface area contributed by atoms with Crippen LogP contribution in [0.5, 0.6) is 5.75 Å². The molecule has 1 aromatic rings. The van der Waals surface area contributed by atoms with Crippen LogP contribution in [-0.2, 0) is 0 Å². The highest BCUT2D eigenvalue weighted by Crippen LogP contribution is 2.41. The molecule has 0 aliphatic carbocycles. The van der Waals surface area contributed by atoms with Crippen LogP contribution < -0.4 is 4.74 Å². The Labute approximate surface area is 123 Å². The van der Waals surface area contributed by atoms with Gasteiger partial charge in [0.2, 0.25) is 0 Å². The van der Waals surface area contributed by atoms with Crippen molar-refractivity contribution in [2.45, 2.75) is 52.2 Å². The number of nitrogens with zero attached hydrogens (tertiary/aromatic N) is 1. The molecule has 20 heavy (non-hydrogen) atoms. The lowest BCUT2D eigenvalue weighted by Gasteiger charge is -2.43. The van der Waals surface area contributed by atoms with Crippen molar-refractivity contribution in [1.29, 1.82) is 0 Å². The van der Waals surface area contributed by atoms with Crippen molar-refractivity contribution in [3.05, 3.63) is 28.8 Å². The first kappa shape index (κ1) is 17.0. The van der Waals surface area contributed by atoms with Gasteiger partial charge in [-0.2, -0.15) is 0 Å². The molecule has 1 N–H and O–H groups in total. The molecule has 0 amide bonds. The summed E-state index contributed by atoms with van der Waals surface area (Å²) in [5, 5.41) is 11.0. The highest BCUT2D eigenvalue weighted by atomic mass is 16.5. The third-order valence-electron chi connectivity index (χ3n) is 4.83. The third-order valence-corrected chi connectivity index (χ3v) is 4.83. The molecule has 0 heterocycles. The minimum atomic E-state index is -0.568. The lowest BCUT2D eigenvalue weighted by Crippen LogP contribution is -2.48. The predicted molar refractivity (Wildman–Crippen MR) is 84.4 cm³/mol. The molecule has 3 nitrogen and oxygen atoms in total. The Morgan fingerprint density at radius 3 is 2.15 bits per heavy atom. The Morgan fingerprint density at radius 2 is 1.75 bits per heavy atom. The first-order valence-electron chi connectivity index (χ1n) is 7.35. The Morgan fingerprint density at radius 1 is 1.20 bits per heavy atom. The van der Waals surface area contributed by atoms with Crippen molar-refractivity contribution in [3.63, 3.8) is 0 Å². The van der Waals surface area contributed by atoms with Crippen LogP contribution in [0, 0.1) is 13.8 Å². The number of hydrogen-bond acceptors (Lipinski definition) is 3. The van der Waals surface area contributed by atoms with Gasteiger partial charge in [0.1, 0.15) is 11.9 Å². The molecular formula is C17H29NO2. The number of aliphatic hydroxyl groups excluding tert-OH is 1. The van der Waals surface area contributed by atoms with Crippen molar-refractivity contribution >= 4 is 0 Å². The molecule has 1 aromatic carbocycles. The zero-order chi connectivity index (χ0) is 15.5. The fraction of sp³-hybridized carbons (Fsp3) is 0.647. The van der Waals surface area contributed by atoms with Gasteiger partial charge >= 0.3 is 0 Å². The third kappa shape index (κ3) is 2.70. The number of rotatable bonds is 6. The highest BCUT2D eigenvalue weighted by Gasteiger charge is 2.39. The zero-order valence-corrected chi connectivity index (χ0v) is 13.9. The van der Waals surface area contributed by atoms with Crippen LogP contribution in [0.4, 0.5) is 0 Å². The van der Waals surface area contributed by atoms with Crippen molar-refractivity contribution < 1.29 is 9.84 Å². The van der Waals surface area contributed by atoms with Gasteiger partial charge in [0.05, 0.1) is 12.6 Å². The first-order chi connectivity index (χ1) is 9.35. The van der Waals surface area contributed by atoms with Gasteiger partial charge in [-0.15, -0.1) is 0 Å². The fourth-order valence-electron chi connectivity index (χ4n) is 3.10. The average Bonchev–Trinajstić information content (AvgIpc) is 2.43. The van der Waals surface area contributed by atoms with Crippen LogP contribution in [0.15, 0.2) is 12.1 Å². The maximum absolute atomic E-state index is 11.0. The van der Waals surface area contributed by atoms with Gasteiger partial charge in [-0.05, 0) is 51.9 Å². The summed E-state index contributed by atoms with van der Waals surface area (Å²) < 4.78 is 5.56. The summed E-state index contributed by atoms with van der Waals surface area (Å²) in [5.41, 5.74) is 2.90. The minimum absolute atomic E-state index is 0.269. The van der Waals surface area contributed by atoms with Gasteiger partial charge in [-0.3, -0.25) is 0 Å². The molecular weight excluding hydrogens is 250 g/mol. The summed E-state index contributed by atoms with van der Waals surface area (Å²) in [4.78, 5) is 2.13. The monoisotopic (exact) mass is 279 g/mol. The molecule has 0 aromatic heterocycles. The van der Waals surface area contributed by atoms with E-state index in [1.54, 1.807) is 7.11 Å². The smallest absolute Gasteiger partial charge is 0.127 e. The van der Waals surface area contributed by atoms with E-state index >= 15 is 0 Å². The molecule has 1 rings (SSSR count). The number of aliphatic hydroxyl groups is 1. The lowest BCUT2D eigenvalue weighted by molar-refractivity contribution is -0.0161. The van der Waals surface area contributed by atoms with E-state index in [1.165, 1.54) is 5.56 Å². The summed E-state index contributed by atoms with van der Waals surface area (Å²) in [5.74, 6) is 0.811. The summed E-state index contributed by atoms with van der Waals surface area (Å²) in [6, 6.07) is 4.05. The van der Waals surface area contributed by atoms with E-state index in [4.69, 9.17) is 4.74 Å². The van der Waals surface area contributed by atoms with E-state index in [9.17, 15) is 5.11 Å². The van der Waals surface area contributed by atoms with Crippen molar-refractivity contribution in [2.24, 2.45) is 0 Å². The van der Waals surface area contributed by atoms with Crippen LogP contribution in [-0.4, -0.2) is 36.8 Å². The van der Waals surface area contributed by atoms with Gasteiger partial charge in [0.25, 0.3) is 0 Å². The lowest BCUT2D eigenvalue weighted by atomic mass is 9.80. The second-order valence-electron chi connectivity index (χ2n) is 5.74. The summed E-state index contributed by atoms with van der Waals surface area (Å²) in [7, 11) is 5.74. The molecule has 1 atom stereocenters. The summed E-state index contributed by atoms with van der Waals surface area (Å²) in [6.07, 6.45) is 1.20. The fourth-order valence-corrected chi connectivity index (χ4v) is 3.10. The van der Waals surface area contributed by atoms with Crippen molar-refractivity contribution in [2.75, 3.05) is 21.2 Å². The quantitative estimate of drug-likeness (QED) is 0.865. The molecule has 114 valence electrons. The van der Waals surface area contributed by atoms with Gasteiger partial charge in [-0.1, -0.05) is 26.0 Å². The second-order valence-corrected chi connectivity index (χ2v) is 5.74. The normalized spacial score (nSPS) is 13.7. The molecule has 0 bridgehead atoms. The van der Waals surface area contributed by atoms with E-state index in [0.717, 1.165) is 29.7 Å². The van der Waals surface area contributed by atoms with E-state index < -0.39 is 6.10 Å². The molecule has 0 fully saturated rings. The van der Waals surface area contributed by atoms with E-state index in [2.05, 4.69) is 31.7 Å². The maximum atomic E-state index is 11.0. The highest BCUT2D eigenvalue weighted by molar-refractivity contribution is 5.47. The van der Waals surface area contributed by atoms with E-state index in [0.29, 0.717) is 0 Å². The summed E-state index contributed by atoms with van der Waals surface area (Å²) in [6.45, 7) is 8.35. The number of aryl methyl sites for hydroxylation is 1. The van der Waals surface area contributed by atoms with E-state index in [-0.39, 0.29) is 5.54 Å². The van der Waals surface area contributed by atoms with E-state index in [1.807, 2.05) is 27.1 Å². The number of hydrogen-bond donors (Lipinski definition) is 1. The second kappa shape index (κ2) is 6.59. The standard InChI is InChI=1S/C17H29NO2/c1-8-17(9-2,18(5)6)16(19)14-11-10-12(3)13(4)15(14)20-7/h10-11,16,19H,8-9H2,1-7H3. The molecule has 0 radical (unpaired) electrons.